The third-order valence-electron chi connectivity index (χ3n) is 2.59. The van der Waals surface area contributed by atoms with Crippen LogP contribution in [0.5, 0.6) is 0 Å². The molecule has 5 nitrogen and oxygen atoms in total. The first kappa shape index (κ1) is 14.6. The highest BCUT2D eigenvalue weighted by Crippen LogP contribution is 2.17. The molecule has 18 heavy (non-hydrogen) atoms. The summed E-state index contributed by atoms with van der Waals surface area (Å²) in [6, 6.07) is 3.04. The third kappa shape index (κ3) is 3.78. The minimum absolute atomic E-state index is 0.315. The lowest BCUT2D eigenvalue weighted by molar-refractivity contribution is -0.00591. The molecule has 0 saturated heterocycles. The number of pyridine rings is 1. The highest BCUT2D eigenvalue weighted by atomic mass is 16.5. The second kappa shape index (κ2) is 6.47. The minimum atomic E-state index is -1.40. The zero-order chi connectivity index (χ0) is 13.6. The maximum Gasteiger partial charge on any atom is 0.339 e. The fourth-order valence-corrected chi connectivity index (χ4v) is 1.31. The molecule has 0 saturated carbocycles. The lowest BCUT2D eigenvalue weighted by Crippen LogP contribution is -2.27. The molecule has 0 unspecified atom stereocenters. The summed E-state index contributed by atoms with van der Waals surface area (Å²) in [5, 5.41) is 18.8. The van der Waals surface area contributed by atoms with Gasteiger partial charge in [-0.25, -0.2) is 4.79 Å². The summed E-state index contributed by atoms with van der Waals surface area (Å²) in [5.41, 5.74) is -0.747. The van der Waals surface area contributed by atoms with E-state index < -0.39 is 18.2 Å². The quantitative estimate of drug-likeness (QED) is 0.589. The van der Waals surface area contributed by atoms with Crippen molar-refractivity contribution in [3.63, 3.8) is 0 Å². The standard InChI is InChI=1S/C13H19NO4/c1-3-4-7-18-12(16)10-5-6-11(14-8-10)13(2,17)9-15/h5-6,8,15,17H,3-4,7,9H2,1-2H3/t13-/m1/s1. The summed E-state index contributed by atoms with van der Waals surface area (Å²) in [4.78, 5) is 15.5. The molecular formula is C13H19NO4. The normalized spacial score (nSPS) is 14.0. The number of carbonyl (C=O) groups excluding carboxylic acids is 1. The Bertz CT molecular complexity index is 386. The van der Waals surface area contributed by atoms with E-state index in [1.165, 1.54) is 25.3 Å². The van der Waals surface area contributed by atoms with Gasteiger partial charge in [0.15, 0.2) is 0 Å². The predicted octanol–water partition coefficient (Wildman–Crippen LogP) is 1.24. The van der Waals surface area contributed by atoms with Crippen LogP contribution in [0.25, 0.3) is 0 Å². The lowest BCUT2D eigenvalue weighted by Gasteiger charge is -2.19. The van der Waals surface area contributed by atoms with Crippen molar-refractivity contribution in [1.29, 1.82) is 0 Å². The van der Waals surface area contributed by atoms with Crippen LogP contribution in [0.4, 0.5) is 0 Å². The molecule has 0 bridgehead atoms. The molecule has 5 heteroatoms. The number of carbonyl (C=O) groups is 1. The summed E-state index contributed by atoms with van der Waals surface area (Å²) < 4.78 is 5.03. The summed E-state index contributed by atoms with van der Waals surface area (Å²) >= 11 is 0. The van der Waals surface area contributed by atoms with Crippen molar-refractivity contribution in [2.24, 2.45) is 0 Å². The fraction of sp³-hybridized carbons (Fsp3) is 0.538. The second-order valence-electron chi connectivity index (χ2n) is 4.35. The van der Waals surface area contributed by atoms with Crippen LogP contribution in [0, 0.1) is 0 Å². The van der Waals surface area contributed by atoms with Crippen molar-refractivity contribution in [3.8, 4) is 0 Å². The first-order valence-corrected chi connectivity index (χ1v) is 5.98. The molecule has 0 aromatic carbocycles. The molecule has 1 atom stereocenters. The Morgan fingerprint density at radius 1 is 1.50 bits per heavy atom. The Morgan fingerprint density at radius 3 is 2.72 bits per heavy atom. The van der Waals surface area contributed by atoms with Gasteiger partial charge in [0.25, 0.3) is 0 Å². The van der Waals surface area contributed by atoms with Crippen LogP contribution in [0.2, 0.25) is 0 Å². The Kier molecular flexibility index (Phi) is 5.25. The van der Waals surface area contributed by atoms with Crippen LogP contribution >= 0.6 is 0 Å². The van der Waals surface area contributed by atoms with Crippen LogP contribution in [0.3, 0.4) is 0 Å². The van der Waals surface area contributed by atoms with Gasteiger partial charge >= 0.3 is 5.97 Å². The van der Waals surface area contributed by atoms with Crippen molar-refractivity contribution < 1.29 is 19.7 Å². The van der Waals surface area contributed by atoms with E-state index in [4.69, 9.17) is 9.84 Å². The molecular weight excluding hydrogens is 234 g/mol. The van der Waals surface area contributed by atoms with Crippen molar-refractivity contribution in [2.75, 3.05) is 13.2 Å². The number of nitrogens with zero attached hydrogens (tertiary/aromatic N) is 1. The van der Waals surface area contributed by atoms with Gasteiger partial charge in [-0.05, 0) is 25.5 Å². The van der Waals surface area contributed by atoms with E-state index in [0.717, 1.165) is 12.8 Å². The number of rotatable bonds is 6. The smallest absolute Gasteiger partial charge is 0.339 e. The molecule has 0 radical (unpaired) electrons. The van der Waals surface area contributed by atoms with Gasteiger partial charge in [-0.3, -0.25) is 4.98 Å². The molecule has 0 aliphatic carbocycles. The fourth-order valence-electron chi connectivity index (χ4n) is 1.31. The number of hydrogen-bond acceptors (Lipinski definition) is 5. The number of hydrogen-bond donors (Lipinski definition) is 2. The molecule has 0 aliphatic rings. The number of unbranched alkanes of at least 4 members (excludes halogenated alkanes) is 1. The summed E-state index contributed by atoms with van der Waals surface area (Å²) in [7, 11) is 0. The van der Waals surface area contributed by atoms with Gasteiger partial charge in [0.1, 0.15) is 5.60 Å². The molecule has 0 fully saturated rings. The van der Waals surface area contributed by atoms with E-state index in [1.807, 2.05) is 6.92 Å². The molecule has 0 aliphatic heterocycles. The monoisotopic (exact) mass is 253 g/mol. The van der Waals surface area contributed by atoms with Gasteiger partial charge in [-0.15, -0.1) is 0 Å². The highest BCUT2D eigenvalue weighted by molar-refractivity contribution is 5.88. The maximum atomic E-state index is 11.6. The third-order valence-corrected chi connectivity index (χ3v) is 2.59. The Labute approximate surface area is 106 Å². The van der Waals surface area contributed by atoms with E-state index in [0.29, 0.717) is 17.9 Å². The van der Waals surface area contributed by atoms with Crippen LogP contribution in [-0.2, 0) is 10.3 Å². The lowest BCUT2D eigenvalue weighted by atomic mass is 10.0. The zero-order valence-corrected chi connectivity index (χ0v) is 10.7. The molecule has 1 aromatic rings. The molecule has 1 heterocycles. The largest absolute Gasteiger partial charge is 0.462 e. The van der Waals surface area contributed by atoms with Gasteiger partial charge in [0, 0.05) is 6.20 Å². The number of aliphatic hydroxyl groups is 2. The summed E-state index contributed by atoms with van der Waals surface area (Å²) in [6.45, 7) is 3.43. The van der Waals surface area contributed by atoms with E-state index in [-0.39, 0.29) is 0 Å². The average Bonchev–Trinajstić information content (AvgIpc) is 2.39. The number of aliphatic hydroxyl groups excluding tert-OH is 1. The first-order chi connectivity index (χ1) is 8.51. The van der Waals surface area contributed by atoms with Crippen LogP contribution < -0.4 is 0 Å². The predicted molar refractivity (Wildman–Crippen MR) is 66.1 cm³/mol. The molecule has 1 aromatic heterocycles. The van der Waals surface area contributed by atoms with Gasteiger partial charge in [0.05, 0.1) is 24.5 Å². The van der Waals surface area contributed by atoms with Crippen LogP contribution in [-0.4, -0.2) is 34.4 Å². The Morgan fingerprint density at radius 2 is 2.22 bits per heavy atom. The summed E-state index contributed by atoms with van der Waals surface area (Å²) in [6.07, 6.45) is 3.13. The van der Waals surface area contributed by atoms with Gasteiger partial charge in [-0.1, -0.05) is 13.3 Å². The van der Waals surface area contributed by atoms with Crippen LogP contribution in [0.1, 0.15) is 42.7 Å². The molecule has 2 N–H and O–H groups in total. The Balaban J connectivity index is 2.68. The molecule has 0 spiro atoms. The maximum absolute atomic E-state index is 11.6. The minimum Gasteiger partial charge on any atom is -0.462 e. The first-order valence-electron chi connectivity index (χ1n) is 5.98. The van der Waals surface area contributed by atoms with Gasteiger partial charge in [-0.2, -0.15) is 0 Å². The van der Waals surface area contributed by atoms with E-state index in [2.05, 4.69) is 4.98 Å². The number of esters is 1. The van der Waals surface area contributed by atoms with Gasteiger partial charge in [0.2, 0.25) is 0 Å². The average molecular weight is 253 g/mol. The topological polar surface area (TPSA) is 79.7 Å². The van der Waals surface area contributed by atoms with Gasteiger partial charge < -0.3 is 14.9 Å². The molecule has 100 valence electrons. The van der Waals surface area contributed by atoms with E-state index >= 15 is 0 Å². The van der Waals surface area contributed by atoms with E-state index in [1.54, 1.807) is 0 Å². The zero-order valence-electron chi connectivity index (χ0n) is 10.7. The van der Waals surface area contributed by atoms with E-state index in [9.17, 15) is 9.90 Å². The van der Waals surface area contributed by atoms with Crippen LogP contribution in [0.15, 0.2) is 18.3 Å². The SMILES string of the molecule is CCCCOC(=O)c1ccc([C@](C)(O)CO)nc1. The summed E-state index contributed by atoms with van der Waals surface area (Å²) in [5.74, 6) is -0.425. The van der Waals surface area contributed by atoms with Crippen molar-refractivity contribution >= 4 is 5.97 Å². The molecule has 0 amide bonds. The number of ether oxygens (including phenoxy) is 1. The van der Waals surface area contributed by atoms with Crippen molar-refractivity contribution in [2.45, 2.75) is 32.3 Å². The second-order valence-corrected chi connectivity index (χ2v) is 4.35. The van der Waals surface area contributed by atoms with Crippen molar-refractivity contribution in [3.05, 3.63) is 29.6 Å². The van der Waals surface area contributed by atoms with Crippen molar-refractivity contribution in [1.82, 2.24) is 4.98 Å². The highest BCUT2D eigenvalue weighted by Gasteiger charge is 2.23. The molecule has 1 rings (SSSR count). The Hall–Kier alpha value is -1.46. The number of aromatic nitrogens is 1.